The van der Waals surface area contributed by atoms with Crippen LogP contribution in [0.15, 0.2) is 29.2 Å². The van der Waals surface area contributed by atoms with Gasteiger partial charge >= 0.3 is 0 Å². The van der Waals surface area contributed by atoms with Gasteiger partial charge in [-0.15, -0.1) is 0 Å². The normalized spacial score (nSPS) is 42.3. The van der Waals surface area contributed by atoms with Crippen molar-refractivity contribution >= 4 is 11.8 Å². The van der Waals surface area contributed by atoms with Crippen LogP contribution in [-0.2, 0) is 14.2 Å². The second-order valence-corrected chi connectivity index (χ2v) is 8.61. The summed E-state index contributed by atoms with van der Waals surface area (Å²) >= 11 is 1.17. The number of aliphatic hydroxyl groups excluding tert-OH is 7. The molecule has 1 aromatic rings. The highest BCUT2D eigenvalue weighted by atomic mass is 32.2. The number of rotatable bonds is 6. The minimum absolute atomic E-state index is 0.559. The molecule has 7 N–H and O–H groups in total. The maximum Gasteiger partial charge on any atom is 0.187 e. The molecule has 2 fully saturated rings. The summed E-state index contributed by atoms with van der Waals surface area (Å²) in [6.07, 6.45) is -12.9. The Bertz CT molecular complexity index is 672. The van der Waals surface area contributed by atoms with E-state index in [2.05, 4.69) is 0 Å². The molecule has 0 saturated carbocycles. The number of hydrogen-bond donors (Lipinski definition) is 7. The van der Waals surface area contributed by atoms with E-state index in [1.807, 2.05) is 31.2 Å². The van der Waals surface area contributed by atoms with Gasteiger partial charge in [0, 0.05) is 4.90 Å². The molecule has 0 bridgehead atoms. The van der Waals surface area contributed by atoms with Gasteiger partial charge in [-0.25, -0.2) is 0 Å². The second kappa shape index (κ2) is 10.2. The van der Waals surface area contributed by atoms with Gasteiger partial charge in [-0.05, 0) is 19.1 Å². The van der Waals surface area contributed by atoms with Crippen LogP contribution in [0.25, 0.3) is 0 Å². The minimum atomic E-state index is -1.69. The lowest BCUT2D eigenvalue weighted by atomic mass is 9.97. The summed E-state index contributed by atoms with van der Waals surface area (Å²) in [6.45, 7) is 0.736. The molecule has 11 heteroatoms. The van der Waals surface area contributed by atoms with Crippen molar-refractivity contribution in [3.63, 3.8) is 0 Å². The summed E-state index contributed by atoms with van der Waals surface area (Å²) < 4.78 is 16.5. The molecule has 2 saturated heterocycles. The highest BCUT2D eigenvalue weighted by Gasteiger charge is 2.50. The average molecular weight is 448 g/mol. The number of ether oxygens (including phenoxy) is 3. The molecular formula is C19H28O10S. The summed E-state index contributed by atoms with van der Waals surface area (Å²) in [7, 11) is 0. The number of aliphatic hydroxyl groups is 7. The van der Waals surface area contributed by atoms with Crippen LogP contribution in [0.4, 0.5) is 0 Å². The Kier molecular flexibility index (Phi) is 8.09. The van der Waals surface area contributed by atoms with Crippen LogP contribution in [0, 0.1) is 6.92 Å². The van der Waals surface area contributed by atoms with Crippen molar-refractivity contribution in [1.29, 1.82) is 0 Å². The monoisotopic (exact) mass is 448 g/mol. The third-order valence-corrected chi connectivity index (χ3v) is 6.40. The summed E-state index contributed by atoms with van der Waals surface area (Å²) in [5, 5.41) is 70.1. The van der Waals surface area contributed by atoms with Crippen LogP contribution in [-0.4, -0.2) is 110 Å². The van der Waals surface area contributed by atoms with Gasteiger partial charge in [0.1, 0.15) is 54.3 Å². The van der Waals surface area contributed by atoms with Crippen molar-refractivity contribution in [2.24, 2.45) is 0 Å². The van der Waals surface area contributed by atoms with Gasteiger partial charge in [-0.1, -0.05) is 29.5 Å². The SMILES string of the molecule is Cc1ccc(S[C@@H]2OC(CO)[C@@H](O[C@@H]3OC(CO)[C@H](O)C(O)C3O)C(O)C2O)cc1. The summed E-state index contributed by atoms with van der Waals surface area (Å²) in [6, 6.07) is 7.46. The van der Waals surface area contributed by atoms with Crippen LogP contribution in [0.5, 0.6) is 0 Å². The van der Waals surface area contributed by atoms with Crippen molar-refractivity contribution in [3.05, 3.63) is 29.8 Å². The molecule has 6 unspecified atom stereocenters. The highest BCUT2D eigenvalue weighted by molar-refractivity contribution is 7.99. The Balaban J connectivity index is 1.71. The van der Waals surface area contributed by atoms with Gasteiger partial charge < -0.3 is 50.0 Å². The van der Waals surface area contributed by atoms with Crippen LogP contribution in [0.3, 0.4) is 0 Å². The molecule has 0 radical (unpaired) electrons. The largest absolute Gasteiger partial charge is 0.394 e. The molecule has 10 atom stereocenters. The highest BCUT2D eigenvalue weighted by Crippen LogP contribution is 2.35. The summed E-state index contributed by atoms with van der Waals surface area (Å²) in [5.74, 6) is 0. The van der Waals surface area contributed by atoms with Crippen LogP contribution in [0.1, 0.15) is 5.56 Å². The first-order valence-electron chi connectivity index (χ1n) is 9.58. The van der Waals surface area contributed by atoms with E-state index in [4.69, 9.17) is 14.2 Å². The Morgan fingerprint density at radius 2 is 1.43 bits per heavy atom. The molecule has 0 aromatic heterocycles. The van der Waals surface area contributed by atoms with E-state index in [1.165, 1.54) is 11.8 Å². The smallest absolute Gasteiger partial charge is 0.187 e. The van der Waals surface area contributed by atoms with Gasteiger partial charge in [-0.3, -0.25) is 0 Å². The lowest BCUT2D eigenvalue weighted by Crippen LogP contribution is -2.64. The summed E-state index contributed by atoms with van der Waals surface area (Å²) in [5.41, 5.74) is 0.167. The topological polar surface area (TPSA) is 169 Å². The zero-order valence-corrected chi connectivity index (χ0v) is 17.1. The van der Waals surface area contributed by atoms with Crippen LogP contribution in [0.2, 0.25) is 0 Å². The fourth-order valence-corrected chi connectivity index (χ4v) is 4.46. The Morgan fingerprint density at radius 3 is 2.03 bits per heavy atom. The number of benzene rings is 1. The third-order valence-electron chi connectivity index (χ3n) is 5.23. The first-order chi connectivity index (χ1) is 14.3. The molecule has 3 rings (SSSR count). The standard InChI is InChI=1S/C19H28O10S/c1-8-2-4-9(5-3-8)30-19-16(26)14(24)17(11(7-21)28-19)29-18-15(25)13(23)12(22)10(6-20)27-18/h2-5,10-26H,6-7H2,1H3/t10?,11?,12-,13?,14?,15?,16?,17+,18-,19-/m0/s1. The van der Waals surface area contributed by atoms with Crippen LogP contribution >= 0.6 is 11.8 Å². The molecule has 10 nitrogen and oxygen atoms in total. The molecule has 2 aliphatic heterocycles. The minimum Gasteiger partial charge on any atom is -0.394 e. The van der Waals surface area contributed by atoms with E-state index in [9.17, 15) is 35.7 Å². The lowest BCUT2D eigenvalue weighted by Gasteiger charge is -2.46. The molecule has 1 aromatic carbocycles. The van der Waals surface area contributed by atoms with E-state index in [0.29, 0.717) is 0 Å². The van der Waals surface area contributed by atoms with Gasteiger partial charge in [0.2, 0.25) is 0 Å². The van der Waals surface area contributed by atoms with E-state index in [1.54, 1.807) is 0 Å². The maximum absolute atomic E-state index is 10.6. The quantitative estimate of drug-likeness (QED) is 0.250. The molecule has 0 aliphatic carbocycles. The molecular weight excluding hydrogens is 420 g/mol. The zero-order chi connectivity index (χ0) is 22.0. The summed E-state index contributed by atoms with van der Waals surface area (Å²) in [4.78, 5) is 0.793. The average Bonchev–Trinajstić information content (AvgIpc) is 2.74. The van der Waals surface area contributed by atoms with E-state index in [0.717, 1.165) is 10.5 Å². The lowest BCUT2D eigenvalue weighted by molar-refractivity contribution is -0.338. The number of aryl methyl sites for hydroxylation is 1. The van der Waals surface area contributed by atoms with Gasteiger partial charge in [0.15, 0.2) is 6.29 Å². The van der Waals surface area contributed by atoms with Crippen molar-refractivity contribution in [3.8, 4) is 0 Å². The Morgan fingerprint density at radius 1 is 0.800 bits per heavy atom. The van der Waals surface area contributed by atoms with Crippen molar-refractivity contribution in [1.82, 2.24) is 0 Å². The first kappa shape index (κ1) is 23.8. The molecule has 30 heavy (non-hydrogen) atoms. The third kappa shape index (κ3) is 4.97. The fraction of sp³-hybridized carbons (Fsp3) is 0.684. The molecule has 0 amide bonds. The molecule has 2 heterocycles. The van der Waals surface area contributed by atoms with Crippen molar-refractivity contribution < 1.29 is 50.0 Å². The maximum atomic E-state index is 10.6. The zero-order valence-electron chi connectivity index (χ0n) is 16.3. The predicted octanol–water partition coefficient (Wildman–Crippen LogP) is -2.29. The van der Waals surface area contributed by atoms with E-state index < -0.39 is 73.8 Å². The van der Waals surface area contributed by atoms with Crippen molar-refractivity contribution in [2.45, 2.75) is 72.4 Å². The van der Waals surface area contributed by atoms with E-state index in [-0.39, 0.29) is 0 Å². The Hall–Kier alpha value is -0.830. The molecule has 0 spiro atoms. The van der Waals surface area contributed by atoms with Gasteiger partial charge in [0.25, 0.3) is 0 Å². The predicted molar refractivity (Wildman–Crippen MR) is 103 cm³/mol. The molecule has 170 valence electrons. The number of thioether (sulfide) groups is 1. The second-order valence-electron chi connectivity index (χ2n) is 7.44. The fourth-order valence-electron chi connectivity index (χ4n) is 3.40. The Labute approximate surface area is 177 Å². The van der Waals surface area contributed by atoms with E-state index >= 15 is 0 Å². The molecule has 2 aliphatic rings. The van der Waals surface area contributed by atoms with Gasteiger partial charge in [-0.2, -0.15) is 0 Å². The number of hydrogen-bond acceptors (Lipinski definition) is 11. The first-order valence-corrected chi connectivity index (χ1v) is 10.5. The van der Waals surface area contributed by atoms with Crippen molar-refractivity contribution in [2.75, 3.05) is 13.2 Å². The van der Waals surface area contributed by atoms with Gasteiger partial charge in [0.05, 0.1) is 13.2 Å². The van der Waals surface area contributed by atoms with Crippen LogP contribution < -0.4 is 0 Å².